The summed E-state index contributed by atoms with van der Waals surface area (Å²) in [5, 5.41) is 2.50. The zero-order valence-electron chi connectivity index (χ0n) is 17.8. The number of rotatable bonds is 9. The van der Waals surface area contributed by atoms with Crippen molar-refractivity contribution in [3.05, 3.63) is 54.1 Å². The number of anilines is 1. The van der Waals surface area contributed by atoms with Crippen molar-refractivity contribution in [1.82, 2.24) is 9.03 Å². The zero-order chi connectivity index (χ0) is 23.2. The van der Waals surface area contributed by atoms with Crippen molar-refractivity contribution in [2.45, 2.75) is 36.0 Å². The summed E-state index contributed by atoms with van der Waals surface area (Å²) in [6.45, 7) is 3.17. The monoisotopic (exact) mass is 481 g/mol. The molecule has 9 nitrogen and oxygen atoms in total. The summed E-state index contributed by atoms with van der Waals surface area (Å²) < 4.78 is 58.9. The second-order valence-corrected chi connectivity index (χ2v) is 11.0. The summed E-state index contributed by atoms with van der Waals surface area (Å²) in [6.07, 6.45) is 1.55. The van der Waals surface area contributed by atoms with Gasteiger partial charge in [0, 0.05) is 25.3 Å². The van der Waals surface area contributed by atoms with E-state index in [2.05, 4.69) is 10.0 Å². The molecule has 0 unspecified atom stereocenters. The van der Waals surface area contributed by atoms with Crippen molar-refractivity contribution in [2.24, 2.45) is 0 Å². The molecule has 2 N–H and O–H groups in total. The van der Waals surface area contributed by atoms with Gasteiger partial charge >= 0.3 is 6.09 Å². The third-order valence-corrected chi connectivity index (χ3v) is 8.41. The molecule has 0 bridgehead atoms. The number of hydrogen-bond donors (Lipinski definition) is 2. The van der Waals surface area contributed by atoms with E-state index in [0.717, 1.165) is 18.4 Å². The van der Waals surface area contributed by atoms with E-state index in [0.29, 0.717) is 25.2 Å². The van der Waals surface area contributed by atoms with Gasteiger partial charge in [0.15, 0.2) is 0 Å². The van der Waals surface area contributed by atoms with Crippen molar-refractivity contribution < 1.29 is 26.4 Å². The van der Waals surface area contributed by atoms with Gasteiger partial charge in [0.05, 0.1) is 16.4 Å². The fourth-order valence-electron chi connectivity index (χ4n) is 3.32. The molecule has 2 aromatic carbocycles. The molecule has 174 valence electrons. The molecule has 3 rings (SSSR count). The molecule has 2 aromatic rings. The number of nitrogens with zero attached hydrogens (tertiary/aromatic N) is 1. The molecule has 11 heteroatoms. The molecule has 0 spiro atoms. The van der Waals surface area contributed by atoms with Gasteiger partial charge in [0.25, 0.3) is 0 Å². The van der Waals surface area contributed by atoms with Gasteiger partial charge in [-0.2, -0.15) is 4.31 Å². The molecule has 1 aliphatic heterocycles. The number of carbonyl (C=O) groups is 1. The lowest BCUT2D eigenvalue weighted by Gasteiger charge is -2.15. The summed E-state index contributed by atoms with van der Waals surface area (Å²) in [4.78, 5) is 11.7. The van der Waals surface area contributed by atoms with E-state index in [1.165, 1.54) is 28.6 Å². The second-order valence-electron chi connectivity index (χ2n) is 7.27. The molecular weight excluding hydrogens is 454 g/mol. The van der Waals surface area contributed by atoms with Crippen LogP contribution in [-0.2, 0) is 31.2 Å². The van der Waals surface area contributed by atoms with E-state index in [4.69, 9.17) is 4.74 Å². The lowest BCUT2D eigenvalue weighted by atomic mass is 10.2. The second kappa shape index (κ2) is 10.4. The average Bonchev–Trinajstić information content (AvgIpc) is 3.30. The maximum Gasteiger partial charge on any atom is 0.411 e. The van der Waals surface area contributed by atoms with E-state index in [1.807, 2.05) is 0 Å². The lowest BCUT2D eigenvalue weighted by molar-refractivity contribution is 0.168. The van der Waals surface area contributed by atoms with Crippen LogP contribution in [0.4, 0.5) is 10.5 Å². The quantitative estimate of drug-likeness (QED) is 0.568. The molecule has 0 atom stereocenters. The van der Waals surface area contributed by atoms with E-state index in [1.54, 1.807) is 31.2 Å². The van der Waals surface area contributed by atoms with Gasteiger partial charge in [-0.05, 0) is 68.1 Å². The predicted molar refractivity (Wildman–Crippen MR) is 120 cm³/mol. The first-order valence-corrected chi connectivity index (χ1v) is 13.3. The zero-order valence-corrected chi connectivity index (χ0v) is 19.4. The fourth-order valence-corrected chi connectivity index (χ4v) is 5.87. The normalized spacial score (nSPS) is 14.9. The van der Waals surface area contributed by atoms with Crippen molar-refractivity contribution in [3.63, 3.8) is 0 Å². The molecule has 0 radical (unpaired) electrons. The average molecular weight is 482 g/mol. The Morgan fingerprint density at radius 1 is 0.938 bits per heavy atom. The summed E-state index contributed by atoms with van der Waals surface area (Å²) in [7, 11) is -7.19. The summed E-state index contributed by atoms with van der Waals surface area (Å²) >= 11 is 0. The molecule has 0 aromatic heterocycles. The maximum absolute atomic E-state index is 12.6. The standard InChI is InChI=1S/C21H27N3O6S2/c1-2-30-21(25)23-18-7-11-19(12-8-18)31(26,27)22-14-13-17-5-9-20(10-6-17)32(28,29)24-15-3-4-16-24/h5-12,22H,2-4,13-16H2,1H3,(H,23,25). The van der Waals surface area contributed by atoms with Crippen LogP contribution in [0.3, 0.4) is 0 Å². The third-order valence-electron chi connectivity index (χ3n) is 5.02. The molecule has 0 saturated carbocycles. The highest BCUT2D eigenvalue weighted by Crippen LogP contribution is 2.21. The third kappa shape index (κ3) is 6.06. The Kier molecular flexibility index (Phi) is 7.88. The summed E-state index contributed by atoms with van der Waals surface area (Å²) in [5.74, 6) is 0. The topological polar surface area (TPSA) is 122 Å². The summed E-state index contributed by atoms with van der Waals surface area (Å²) in [6, 6.07) is 12.3. The van der Waals surface area contributed by atoms with Crippen LogP contribution < -0.4 is 10.0 Å². The van der Waals surface area contributed by atoms with Gasteiger partial charge in [-0.3, -0.25) is 5.32 Å². The lowest BCUT2D eigenvalue weighted by Crippen LogP contribution is -2.28. The highest BCUT2D eigenvalue weighted by molar-refractivity contribution is 7.89. The summed E-state index contributed by atoms with van der Waals surface area (Å²) in [5.41, 5.74) is 1.24. The molecule has 1 saturated heterocycles. The molecule has 1 aliphatic rings. The first kappa shape index (κ1) is 24.2. The minimum atomic E-state index is -3.72. The molecule has 1 amide bonds. The van der Waals surface area contributed by atoms with E-state index in [9.17, 15) is 21.6 Å². The maximum atomic E-state index is 12.6. The molecule has 32 heavy (non-hydrogen) atoms. The van der Waals surface area contributed by atoms with E-state index in [-0.39, 0.29) is 22.9 Å². The van der Waals surface area contributed by atoms with Crippen molar-refractivity contribution in [3.8, 4) is 0 Å². The number of ether oxygens (including phenoxy) is 1. The first-order valence-electron chi connectivity index (χ1n) is 10.3. The highest BCUT2D eigenvalue weighted by atomic mass is 32.2. The SMILES string of the molecule is CCOC(=O)Nc1ccc(S(=O)(=O)NCCc2ccc(S(=O)(=O)N3CCCC3)cc2)cc1. The van der Waals surface area contributed by atoms with Gasteiger partial charge < -0.3 is 4.74 Å². The number of sulfonamides is 2. The van der Waals surface area contributed by atoms with Crippen LogP contribution in [0.5, 0.6) is 0 Å². The largest absolute Gasteiger partial charge is 0.450 e. The number of hydrogen-bond acceptors (Lipinski definition) is 6. The van der Waals surface area contributed by atoms with Gasteiger partial charge in [-0.15, -0.1) is 0 Å². The van der Waals surface area contributed by atoms with Crippen LogP contribution in [0.2, 0.25) is 0 Å². The number of amides is 1. The van der Waals surface area contributed by atoms with E-state index >= 15 is 0 Å². The van der Waals surface area contributed by atoms with Gasteiger partial charge in [-0.1, -0.05) is 12.1 Å². The first-order chi connectivity index (χ1) is 15.2. The fraction of sp³-hybridized carbons (Fsp3) is 0.381. The van der Waals surface area contributed by atoms with Gasteiger partial charge in [0.1, 0.15) is 0 Å². The Hall–Kier alpha value is -2.47. The van der Waals surface area contributed by atoms with E-state index < -0.39 is 26.1 Å². The molecular formula is C21H27N3O6S2. The van der Waals surface area contributed by atoms with Crippen LogP contribution in [0, 0.1) is 0 Å². The number of carbonyl (C=O) groups excluding carboxylic acids is 1. The Bertz CT molecular complexity index is 1130. The Morgan fingerprint density at radius 3 is 2.12 bits per heavy atom. The van der Waals surface area contributed by atoms with Gasteiger partial charge in [0.2, 0.25) is 20.0 Å². The number of benzene rings is 2. The van der Waals surface area contributed by atoms with Crippen LogP contribution in [0.25, 0.3) is 0 Å². The molecule has 0 aliphatic carbocycles. The number of nitrogens with one attached hydrogen (secondary N) is 2. The van der Waals surface area contributed by atoms with Crippen molar-refractivity contribution in [2.75, 3.05) is 31.6 Å². The van der Waals surface area contributed by atoms with Crippen molar-refractivity contribution >= 4 is 31.8 Å². The van der Waals surface area contributed by atoms with Crippen LogP contribution in [0.1, 0.15) is 25.3 Å². The van der Waals surface area contributed by atoms with Crippen LogP contribution in [-0.4, -0.2) is 53.5 Å². The minimum Gasteiger partial charge on any atom is -0.450 e. The Labute approximate surface area is 188 Å². The van der Waals surface area contributed by atoms with Crippen LogP contribution in [0.15, 0.2) is 58.3 Å². The minimum absolute atomic E-state index is 0.0685. The molecule has 1 heterocycles. The molecule has 1 fully saturated rings. The smallest absolute Gasteiger partial charge is 0.411 e. The van der Waals surface area contributed by atoms with Crippen LogP contribution >= 0.6 is 0 Å². The Morgan fingerprint density at radius 2 is 1.53 bits per heavy atom. The van der Waals surface area contributed by atoms with Gasteiger partial charge in [-0.25, -0.2) is 26.4 Å². The Balaban J connectivity index is 1.54. The van der Waals surface area contributed by atoms with Crippen molar-refractivity contribution in [1.29, 1.82) is 0 Å². The predicted octanol–water partition coefficient (Wildman–Crippen LogP) is 2.56. The highest BCUT2D eigenvalue weighted by Gasteiger charge is 2.26.